The summed E-state index contributed by atoms with van der Waals surface area (Å²) >= 11 is 0. The number of nitrogens with zero attached hydrogens (tertiary/aromatic N) is 2. The van der Waals surface area contributed by atoms with Crippen molar-refractivity contribution in [3.63, 3.8) is 0 Å². The number of aromatic hydroxyl groups is 1. The Balaban J connectivity index is 2.11. The summed E-state index contributed by atoms with van der Waals surface area (Å²) in [5.74, 6) is -0.448. The van der Waals surface area contributed by atoms with E-state index in [1.165, 1.54) is 23.1 Å². The van der Waals surface area contributed by atoms with Crippen LogP contribution in [0.1, 0.15) is 25.0 Å². The molecule has 3 N–H and O–H groups in total. The van der Waals surface area contributed by atoms with Gasteiger partial charge in [-0.2, -0.15) is 5.26 Å². The van der Waals surface area contributed by atoms with Crippen LogP contribution in [0, 0.1) is 11.3 Å². The largest absolute Gasteiger partial charge is 0.513 e. The molecule has 9 nitrogen and oxygen atoms in total. The minimum Gasteiger partial charge on any atom is -0.503 e. The molecule has 0 aliphatic rings. The third kappa shape index (κ3) is 6.90. The van der Waals surface area contributed by atoms with E-state index in [9.17, 15) is 20.0 Å². The number of rotatable bonds is 9. The third-order valence-corrected chi connectivity index (χ3v) is 4.78. The van der Waals surface area contributed by atoms with Crippen molar-refractivity contribution >= 4 is 23.8 Å². The lowest BCUT2D eigenvalue weighted by molar-refractivity contribution is -0.126. The number of anilines is 1. The van der Waals surface area contributed by atoms with Crippen molar-refractivity contribution in [2.75, 3.05) is 32.5 Å². The van der Waals surface area contributed by atoms with Gasteiger partial charge in [-0.15, -0.1) is 0 Å². The van der Waals surface area contributed by atoms with Gasteiger partial charge in [0.15, 0.2) is 11.5 Å². The third-order valence-electron chi connectivity index (χ3n) is 4.78. The van der Waals surface area contributed by atoms with Gasteiger partial charge in [0, 0.05) is 19.5 Å². The van der Waals surface area contributed by atoms with Gasteiger partial charge in [-0.3, -0.25) is 4.79 Å². The molecule has 0 atom stereocenters. The normalized spacial score (nSPS) is 10.8. The second-order valence-corrected chi connectivity index (χ2v) is 6.91. The summed E-state index contributed by atoms with van der Waals surface area (Å²) in [7, 11) is 1.56. The van der Waals surface area contributed by atoms with Crippen molar-refractivity contribution in [1.29, 1.82) is 5.26 Å². The molecule has 33 heavy (non-hydrogen) atoms. The molecule has 0 aliphatic heterocycles. The molecule has 0 fully saturated rings. The van der Waals surface area contributed by atoms with Crippen molar-refractivity contribution < 1.29 is 28.9 Å². The Morgan fingerprint density at radius 1 is 1.21 bits per heavy atom. The highest BCUT2D eigenvalue weighted by Crippen LogP contribution is 2.34. The number of benzene rings is 2. The lowest BCUT2D eigenvalue weighted by atomic mass is 10.1. The Labute approximate surface area is 192 Å². The van der Waals surface area contributed by atoms with Gasteiger partial charge < -0.3 is 30.0 Å². The Hall–Kier alpha value is -4.19. The van der Waals surface area contributed by atoms with Crippen LogP contribution >= 0.6 is 0 Å². The zero-order valence-electron chi connectivity index (χ0n) is 18.8. The van der Waals surface area contributed by atoms with E-state index in [4.69, 9.17) is 19.9 Å². The topological polar surface area (TPSA) is 135 Å². The van der Waals surface area contributed by atoms with Crippen LogP contribution in [0.5, 0.6) is 17.2 Å². The summed E-state index contributed by atoms with van der Waals surface area (Å²) in [4.78, 5) is 26.1. The van der Waals surface area contributed by atoms with Gasteiger partial charge in [-0.1, -0.05) is 12.1 Å². The number of carbonyl (C=O) groups excluding carboxylic acids is 2. The Bertz CT molecular complexity index is 1070. The fourth-order valence-electron chi connectivity index (χ4n) is 3.00. The molecule has 0 saturated carbocycles. The highest BCUT2D eigenvalue weighted by molar-refractivity contribution is 6.01. The maximum atomic E-state index is 12.5. The predicted octanol–water partition coefficient (Wildman–Crippen LogP) is 3.52. The summed E-state index contributed by atoms with van der Waals surface area (Å²) in [6.07, 6.45) is 0.716. The number of nitriles is 1. The van der Waals surface area contributed by atoms with Crippen molar-refractivity contribution in [2.45, 2.75) is 20.3 Å². The maximum Gasteiger partial charge on any atom is 0.513 e. The van der Waals surface area contributed by atoms with Gasteiger partial charge in [0.1, 0.15) is 17.4 Å². The molecule has 2 rings (SSSR count). The molecule has 1 amide bonds. The number of phenols is 1. The number of ether oxygens (including phenoxy) is 3. The van der Waals surface area contributed by atoms with Crippen LogP contribution in [0.4, 0.5) is 10.5 Å². The van der Waals surface area contributed by atoms with Crippen LogP contribution in [-0.4, -0.2) is 48.9 Å². The number of carbonyl (C=O) groups is 2. The molecule has 0 saturated heterocycles. The molecular weight excluding hydrogens is 426 g/mol. The maximum absolute atomic E-state index is 12.5. The van der Waals surface area contributed by atoms with Gasteiger partial charge >= 0.3 is 6.16 Å². The number of phenolic OH excluding ortho intramolecular Hbond substituents is 1. The van der Waals surface area contributed by atoms with Gasteiger partial charge in [0.25, 0.3) is 5.91 Å². The molecule has 0 spiro atoms. The second kappa shape index (κ2) is 12.0. The number of likely N-dealkylation sites (N-methyl/N-ethyl adjacent to an activating group) is 1. The first-order valence-electron chi connectivity index (χ1n) is 10.3. The number of methoxy groups -OCH3 is 1. The average Bonchev–Trinajstić information content (AvgIpc) is 2.81. The fraction of sp³-hybridized carbons (Fsp3) is 0.292. The lowest BCUT2D eigenvalue weighted by Gasteiger charge is -2.17. The summed E-state index contributed by atoms with van der Waals surface area (Å²) in [5, 5.41) is 19.6. The fourth-order valence-corrected chi connectivity index (χ4v) is 3.00. The van der Waals surface area contributed by atoms with E-state index in [-0.39, 0.29) is 23.6 Å². The molecular formula is C24H27N3O6. The molecule has 2 aromatic rings. The van der Waals surface area contributed by atoms with E-state index < -0.39 is 17.8 Å². The zero-order chi connectivity index (χ0) is 24.4. The summed E-state index contributed by atoms with van der Waals surface area (Å²) in [6, 6.07) is 11.9. The Kier molecular flexibility index (Phi) is 9.12. The van der Waals surface area contributed by atoms with Crippen molar-refractivity contribution in [2.24, 2.45) is 0 Å². The number of nitrogen functional groups attached to an aromatic ring is 1. The summed E-state index contributed by atoms with van der Waals surface area (Å²) in [6.45, 7) is 4.55. The van der Waals surface area contributed by atoms with Gasteiger partial charge in [-0.05, 0) is 55.3 Å². The molecule has 0 radical (unpaired) electrons. The van der Waals surface area contributed by atoms with Crippen LogP contribution in [0.2, 0.25) is 0 Å². The Morgan fingerprint density at radius 2 is 1.94 bits per heavy atom. The van der Waals surface area contributed by atoms with Crippen molar-refractivity contribution in [3.8, 4) is 23.3 Å². The van der Waals surface area contributed by atoms with Crippen LogP contribution < -0.4 is 15.2 Å². The molecule has 2 aromatic carbocycles. The van der Waals surface area contributed by atoms with E-state index in [1.807, 2.05) is 24.3 Å². The quantitative estimate of drug-likeness (QED) is 0.147. The summed E-state index contributed by atoms with van der Waals surface area (Å²) in [5.41, 5.74) is 6.81. The summed E-state index contributed by atoms with van der Waals surface area (Å²) < 4.78 is 15.3. The van der Waals surface area contributed by atoms with E-state index >= 15 is 0 Å². The lowest BCUT2D eigenvalue weighted by Crippen LogP contribution is -2.31. The van der Waals surface area contributed by atoms with Crippen LogP contribution in [0.25, 0.3) is 6.08 Å². The van der Waals surface area contributed by atoms with Crippen LogP contribution in [0.15, 0.2) is 42.0 Å². The van der Waals surface area contributed by atoms with Gasteiger partial charge in [0.2, 0.25) is 0 Å². The molecule has 174 valence electrons. The van der Waals surface area contributed by atoms with Crippen molar-refractivity contribution in [1.82, 2.24) is 4.90 Å². The number of hydrogen-bond acceptors (Lipinski definition) is 8. The first-order valence-corrected chi connectivity index (χ1v) is 10.3. The number of nitrogens with two attached hydrogens (primary N) is 1. The standard InChI is InChI=1S/C24H27N3O6/c1-4-27(5-2)23(29)18(15-25)11-17-13-20(26)22(28)21(14-17)33-24(30)32-10-9-16-7-6-8-19(12-16)31-3/h6-8,11-14,28H,4-5,9-10,26H2,1-3H3/b18-11+. The molecule has 0 heterocycles. The highest BCUT2D eigenvalue weighted by Gasteiger charge is 2.18. The molecule has 0 bridgehead atoms. The smallest absolute Gasteiger partial charge is 0.503 e. The predicted molar refractivity (Wildman–Crippen MR) is 123 cm³/mol. The van der Waals surface area contributed by atoms with Crippen LogP contribution in [-0.2, 0) is 16.0 Å². The minimum absolute atomic E-state index is 0.0405. The number of hydrogen-bond donors (Lipinski definition) is 2. The molecule has 9 heteroatoms. The second-order valence-electron chi connectivity index (χ2n) is 6.91. The van der Waals surface area contributed by atoms with Crippen molar-refractivity contribution in [3.05, 3.63) is 53.1 Å². The monoisotopic (exact) mass is 453 g/mol. The highest BCUT2D eigenvalue weighted by atomic mass is 16.7. The van der Waals surface area contributed by atoms with E-state index in [1.54, 1.807) is 27.0 Å². The van der Waals surface area contributed by atoms with Crippen LogP contribution in [0.3, 0.4) is 0 Å². The molecule has 0 aliphatic carbocycles. The SMILES string of the molecule is CCN(CC)C(=O)/C(C#N)=C/c1cc(N)c(O)c(OC(=O)OCCc2cccc(OC)c2)c1. The Morgan fingerprint density at radius 3 is 2.58 bits per heavy atom. The molecule has 0 unspecified atom stereocenters. The molecule has 0 aromatic heterocycles. The van der Waals surface area contributed by atoms with E-state index in [0.29, 0.717) is 30.8 Å². The first kappa shape index (κ1) is 25.1. The number of amides is 1. The van der Waals surface area contributed by atoms with Gasteiger partial charge in [-0.25, -0.2) is 4.79 Å². The van der Waals surface area contributed by atoms with E-state index in [0.717, 1.165) is 5.56 Å². The van der Waals surface area contributed by atoms with Gasteiger partial charge in [0.05, 0.1) is 19.4 Å². The first-order chi connectivity index (χ1) is 15.8. The minimum atomic E-state index is -1.03. The average molecular weight is 453 g/mol. The van der Waals surface area contributed by atoms with E-state index in [2.05, 4.69) is 0 Å². The zero-order valence-corrected chi connectivity index (χ0v) is 18.8.